The number of nitrogens with zero attached hydrogens (tertiary/aromatic N) is 2. The van der Waals surface area contributed by atoms with E-state index in [2.05, 4.69) is 48.5 Å². The normalized spacial score (nSPS) is 24.9. The van der Waals surface area contributed by atoms with Gasteiger partial charge in [-0.05, 0) is 51.3 Å². The van der Waals surface area contributed by atoms with Gasteiger partial charge in [-0.15, -0.1) is 0 Å². The first-order chi connectivity index (χ1) is 14.0. The van der Waals surface area contributed by atoms with Crippen molar-refractivity contribution in [2.75, 3.05) is 53.0 Å². The third-order valence-electron chi connectivity index (χ3n) is 6.95. The Morgan fingerprint density at radius 1 is 1.14 bits per heavy atom. The maximum atomic E-state index is 13.5. The van der Waals surface area contributed by atoms with Gasteiger partial charge in [-0.25, -0.2) is 0 Å². The molecule has 29 heavy (non-hydrogen) atoms. The number of hydrogen-bond donors (Lipinski definition) is 1. The van der Waals surface area contributed by atoms with Gasteiger partial charge in [0.1, 0.15) is 0 Å². The van der Waals surface area contributed by atoms with E-state index in [1.165, 1.54) is 5.56 Å². The Morgan fingerprint density at radius 2 is 1.83 bits per heavy atom. The molecule has 1 unspecified atom stereocenters. The van der Waals surface area contributed by atoms with Crippen LogP contribution in [0.2, 0.25) is 0 Å². The lowest BCUT2D eigenvalue weighted by molar-refractivity contribution is -0.151. The molecule has 0 aromatic heterocycles. The van der Waals surface area contributed by atoms with E-state index in [4.69, 9.17) is 4.74 Å². The van der Waals surface area contributed by atoms with E-state index >= 15 is 0 Å². The molecule has 1 N–H and O–H groups in total. The predicted octanol–water partition coefficient (Wildman–Crippen LogP) is 1.57. The summed E-state index contributed by atoms with van der Waals surface area (Å²) in [5.41, 5.74) is 1.76. The molecular weight excluding hydrogens is 366 g/mol. The van der Waals surface area contributed by atoms with Crippen LogP contribution in [0.25, 0.3) is 0 Å². The number of ether oxygens (including phenoxy) is 1. The van der Waals surface area contributed by atoms with E-state index in [0.717, 1.165) is 31.6 Å². The summed E-state index contributed by atoms with van der Waals surface area (Å²) < 4.78 is 5.56. The van der Waals surface area contributed by atoms with Crippen molar-refractivity contribution in [3.8, 4) is 0 Å². The van der Waals surface area contributed by atoms with E-state index in [1.807, 2.05) is 4.90 Å². The number of amides is 2. The highest BCUT2D eigenvalue weighted by Gasteiger charge is 2.48. The number of nitrogens with one attached hydrogen (secondary N) is 1. The van der Waals surface area contributed by atoms with Gasteiger partial charge in [-0.2, -0.15) is 0 Å². The molecule has 0 aliphatic carbocycles. The average Bonchev–Trinajstić information content (AvgIpc) is 3.11. The molecule has 3 aliphatic rings. The third kappa shape index (κ3) is 4.19. The minimum atomic E-state index is -0.512. The Morgan fingerprint density at radius 3 is 2.45 bits per heavy atom. The fourth-order valence-electron chi connectivity index (χ4n) is 4.91. The van der Waals surface area contributed by atoms with Gasteiger partial charge in [0, 0.05) is 39.4 Å². The molecule has 0 radical (unpaired) electrons. The summed E-state index contributed by atoms with van der Waals surface area (Å²) in [7, 11) is 2.12. The number of likely N-dealkylation sites (tertiary alicyclic amines) is 2. The molecule has 0 saturated carbocycles. The van der Waals surface area contributed by atoms with Crippen LogP contribution in [0.4, 0.5) is 0 Å². The molecule has 3 fully saturated rings. The van der Waals surface area contributed by atoms with Gasteiger partial charge in [-0.1, -0.05) is 29.8 Å². The molecule has 6 heteroatoms. The molecular formula is C23H33N3O3. The van der Waals surface area contributed by atoms with Crippen LogP contribution >= 0.6 is 0 Å². The van der Waals surface area contributed by atoms with Crippen molar-refractivity contribution >= 4 is 11.8 Å². The minimum Gasteiger partial charge on any atom is -0.381 e. The molecule has 3 saturated heterocycles. The Labute approximate surface area is 173 Å². The van der Waals surface area contributed by atoms with Crippen molar-refractivity contribution in [1.82, 2.24) is 15.1 Å². The highest BCUT2D eigenvalue weighted by atomic mass is 16.5. The van der Waals surface area contributed by atoms with Crippen LogP contribution in [0.5, 0.6) is 0 Å². The molecule has 2 amide bonds. The first kappa shape index (κ1) is 20.4. The monoisotopic (exact) mass is 399 g/mol. The summed E-state index contributed by atoms with van der Waals surface area (Å²) in [5, 5.41) is 3.11. The van der Waals surface area contributed by atoms with Crippen LogP contribution in [0, 0.1) is 18.8 Å². The Balaban J connectivity index is 1.35. The van der Waals surface area contributed by atoms with Crippen molar-refractivity contribution in [1.29, 1.82) is 0 Å². The van der Waals surface area contributed by atoms with Crippen LogP contribution in [-0.4, -0.2) is 74.6 Å². The highest BCUT2D eigenvalue weighted by Crippen LogP contribution is 2.38. The molecule has 0 spiro atoms. The topological polar surface area (TPSA) is 61.9 Å². The summed E-state index contributed by atoms with van der Waals surface area (Å²) in [4.78, 5) is 30.2. The van der Waals surface area contributed by atoms with Gasteiger partial charge in [0.25, 0.3) is 0 Å². The average molecular weight is 400 g/mol. The zero-order chi connectivity index (χ0) is 20.4. The largest absolute Gasteiger partial charge is 0.381 e. The quantitative estimate of drug-likeness (QED) is 0.817. The summed E-state index contributed by atoms with van der Waals surface area (Å²) in [5.74, 6) is 0.730. The van der Waals surface area contributed by atoms with E-state index in [1.54, 1.807) is 0 Å². The Hall–Kier alpha value is -1.92. The molecule has 1 aromatic rings. The zero-order valence-corrected chi connectivity index (χ0v) is 17.7. The molecule has 1 aromatic carbocycles. The van der Waals surface area contributed by atoms with Crippen molar-refractivity contribution in [2.45, 2.75) is 31.6 Å². The summed E-state index contributed by atoms with van der Waals surface area (Å²) in [6, 6.07) is 8.32. The molecule has 3 heterocycles. The number of aryl methyl sites for hydroxylation is 1. The summed E-state index contributed by atoms with van der Waals surface area (Å²) in [6.07, 6.45) is 2.56. The summed E-state index contributed by atoms with van der Waals surface area (Å²) in [6.45, 7) is 7.24. The first-order valence-electron chi connectivity index (χ1n) is 10.9. The van der Waals surface area contributed by atoms with Gasteiger partial charge < -0.3 is 19.9 Å². The Bertz CT molecular complexity index is 736. The van der Waals surface area contributed by atoms with Crippen LogP contribution < -0.4 is 5.32 Å². The minimum absolute atomic E-state index is 0.0759. The number of benzene rings is 1. The summed E-state index contributed by atoms with van der Waals surface area (Å²) >= 11 is 0. The molecule has 0 bridgehead atoms. The van der Waals surface area contributed by atoms with Gasteiger partial charge in [0.05, 0.1) is 11.3 Å². The van der Waals surface area contributed by atoms with Crippen molar-refractivity contribution in [3.63, 3.8) is 0 Å². The smallest absolute Gasteiger partial charge is 0.233 e. The van der Waals surface area contributed by atoms with Gasteiger partial charge in [0.15, 0.2) is 0 Å². The molecule has 3 aliphatic heterocycles. The second-order valence-electron chi connectivity index (χ2n) is 9.13. The van der Waals surface area contributed by atoms with Crippen molar-refractivity contribution in [2.24, 2.45) is 11.8 Å². The molecule has 158 valence electrons. The molecule has 1 atom stereocenters. The number of carbonyl (C=O) groups is 2. The lowest BCUT2D eigenvalue weighted by Crippen LogP contribution is -2.61. The lowest BCUT2D eigenvalue weighted by atomic mass is 9.72. The van der Waals surface area contributed by atoms with Crippen molar-refractivity contribution in [3.05, 3.63) is 35.4 Å². The van der Waals surface area contributed by atoms with E-state index < -0.39 is 5.41 Å². The number of carbonyl (C=O) groups excluding carboxylic acids is 2. The highest BCUT2D eigenvalue weighted by molar-refractivity contribution is 5.91. The fraction of sp³-hybridized carbons (Fsp3) is 0.652. The van der Waals surface area contributed by atoms with Gasteiger partial charge in [0.2, 0.25) is 11.8 Å². The lowest BCUT2D eigenvalue weighted by Gasteiger charge is -2.46. The molecule has 4 rings (SSSR count). The second-order valence-corrected chi connectivity index (χ2v) is 9.13. The van der Waals surface area contributed by atoms with Crippen LogP contribution in [0.3, 0.4) is 0 Å². The van der Waals surface area contributed by atoms with E-state index in [0.29, 0.717) is 45.1 Å². The number of rotatable bonds is 5. The Kier molecular flexibility index (Phi) is 5.93. The SMILES string of the molecule is Cc1ccc(C2(C(=O)N3CC(C(=O)NCC4CCN(C)C4)C3)CCOCC2)cc1. The van der Waals surface area contributed by atoms with Gasteiger partial charge in [-0.3, -0.25) is 9.59 Å². The first-order valence-corrected chi connectivity index (χ1v) is 10.9. The van der Waals surface area contributed by atoms with Crippen molar-refractivity contribution < 1.29 is 14.3 Å². The molecule has 6 nitrogen and oxygen atoms in total. The van der Waals surface area contributed by atoms with Crippen LogP contribution in [0.1, 0.15) is 30.4 Å². The second kappa shape index (κ2) is 8.44. The van der Waals surface area contributed by atoms with Gasteiger partial charge >= 0.3 is 0 Å². The number of hydrogen-bond acceptors (Lipinski definition) is 4. The van der Waals surface area contributed by atoms with E-state index in [-0.39, 0.29) is 17.7 Å². The fourth-order valence-corrected chi connectivity index (χ4v) is 4.91. The van der Waals surface area contributed by atoms with Crippen LogP contribution in [0.15, 0.2) is 24.3 Å². The third-order valence-corrected chi connectivity index (χ3v) is 6.95. The predicted molar refractivity (Wildman–Crippen MR) is 112 cm³/mol. The zero-order valence-electron chi connectivity index (χ0n) is 17.7. The van der Waals surface area contributed by atoms with Crippen LogP contribution in [-0.2, 0) is 19.7 Å². The maximum Gasteiger partial charge on any atom is 0.233 e. The standard InChI is InChI=1S/C23H33N3O3/c1-17-3-5-20(6-4-17)23(8-11-29-12-9-23)22(28)26-15-19(16-26)21(27)24-13-18-7-10-25(2)14-18/h3-6,18-19H,7-16H2,1-2H3,(H,24,27). The van der Waals surface area contributed by atoms with E-state index in [9.17, 15) is 9.59 Å². The maximum absolute atomic E-state index is 13.5.